The summed E-state index contributed by atoms with van der Waals surface area (Å²) in [5.41, 5.74) is 0.261. The number of amides is 12. The van der Waals surface area contributed by atoms with Crippen molar-refractivity contribution >= 4 is 70.9 Å². The Bertz CT molecular complexity index is 3270. The van der Waals surface area contributed by atoms with Gasteiger partial charge in [0.25, 0.3) is 5.91 Å². The number of likely N-dealkylation sites (N-methyl/N-ethyl adjacent to an activating group) is 5. The van der Waals surface area contributed by atoms with Crippen LogP contribution in [0.15, 0.2) is 111 Å². The Morgan fingerprint density at radius 2 is 1.04 bits per heavy atom. The van der Waals surface area contributed by atoms with E-state index in [0.29, 0.717) is 49.1 Å². The molecule has 4 rings (SSSR count). The molecule has 4 saturated heterocycles. The second kappa shape index (κ2) is 40.5. The molecule has 0 radical (unpaired) electrons. The number of ether oxygens (including phenoxy) is 1. The van der Waals surface area contributed by atoms with Gasteiger partial charge in [0.05, 0.1) is 18.6 Å². The van der Waals surface area contributed by atoms with Crippen molar-refractivity contribution in [3.8, 4) is 0 Å². The summed E-state index contributed by atoms with van der Waals surface area (Å²) in [4.78, 5) is 197. The molecule has 0 spiro atoms. The number of hydrogen-bond acceptors (Lipinski definition) is 14. The summed E-state index contributed by atoms with van der Waals surface area (Å²) in [5.74, 6) is -9.56. The zero-order valence-corrected chi connectivity index (χ0v) is 64.7. The average Bonchev–Trinajstić information content (AvgIpc) is 1.62. The van der Waals surface area contributed by atoms with Crippen LogP contribution in [0.3, 0.4) is 0 Å². The number of likely N-dealkylation sites (tertiary alicyclic amines) is 1. The normalized spacial score (nSPS) is 26.9. The number of rotatable bonds is 21. The minimum Gasteiger partial charge on any atom is -0.373 e. The van der Waals surface area contributed by atoms with Gasteiger partial charge in [0.2, 0.25) is 65.0 Å². The number of piperidine rings is 1. The van der Waals surface area contributed by atoms with Gasteiger partial charge in [0, 0.05) is 74.1 Å². The van der Waals surface area contributed by atoms with E-state index in [9.17, 15) is 4.79 Å². The van der Waals surface area contributed by atoms with Crippen LogP contribution in [-0.2, 0) is 67.1 Å². The zero-order valence-electron chi connectivity index (χ0n) is 64.7. The van der Waals surface area contributed by atoms with Crippen molar-refractivity contribution in [2.24, 2.45) is 17.8 Å². The predicted octanol–water partition coefficient (Wildman–Crippen LogP) is 6.04. The van der Waals surface area contributed by atoms with Gasteiger partial charge in [-0.2, -0.15) is 0 Å². The van der Waals surface area contributed by atoms with Crippen molar-refractivity contribution in [2.75, 3.05) is 61.5 Å². The summed E-state index contributed by atoms with van der Waals surface area (Å²) in [6.45, 7) is 43.1. The highest BCUT2D eigenvalue weighted by atomic mass is 16.7. The van der Waals surface area contributed by atoms with Crippen LogP contribution in [0, 0.1) is 17.8 Å². The van der Waals surface area contributed by atoms with Gasteiger partial charge >= 0.3 is 0 Å². The van der Waals surface area contributed by atoms with Gasteiger partial charge in [-0.05, 0) is 109 Å². The highest BCUT2D eigenvalue weighted by molar-refractivity contribution is 6.01. The van der Waals surface area contributed by atoms with Crippen LogP contribution >= 0.6 is 0 Å². The lowest BCUT2D eigenvalue weighted by Crippen LogP contribution is -2.61. The standard InChI is InChI=1S/C78H120N12O14/c1-23-27-34-51(11)43-61-67(92)81-58(47-103-78(15,16)17)73(98)86(21)62(45-55(26-4)33-25-3)68(93)79-56(40-48(5)6)72(97)85(20)60(41-49(7)8)69(94)82-66-54(14)104-90(77(66)102)63(44-52(12)35-28-24-2)70(95)80-57(74(99)88-37-30-29-31-38-88)46-65(91)89-39-32-36-59(89)75(100)87(22)64(42-50(9)10)76(101)83(18)53(13)71(96)84(61)19/h23-28,33-35,48-50,53-54,56-64,66H,1-4,11-12,29-32,36-47H2,5-10,13-22H3,(H,79,93)(H,80,95)(H,81,92)(H,82,94)/b34-27-,35-28-,55-33+/t53-,54?,56-,57?,58?,59?,60?,61?,62-,63?,64-,66?/m0/s1. The molecular weight excluding hydrogens is 1330 g/mol. The lowest BCUT2D eigenvalue weighted by atomic mass is 9.97. The van der Waals surface area contributed by atoms with Crippen LogP contribution in [-0.4, -0.2) is 250 Å². The molecule has 12 amide bonds. The van der Waals surface area contributed by atoms with E-state index >= 15 is 52.7 Å². The van der Waals surface area contributed by atoms with E-state index in [2.05, 4.69) is 60.7 Å². The number of nitrogens with zero attached hydrogens (tertiary/aromatic N) is 8. The first-order valence-corrected chi connectivity index (χ1v) is 36.4. The summed E-state index contributed by atoms with van der Waals surface area (Å²) in [6, 6.07) is -15.2. The first kappa shape index (κ1) is 87.6. The Kier molecular flexibility index (Phi) is 34.1. The maximum Gasteiger partial charge on any atom is 0.272 e. The molecule has 4 aliphatic heterocycles. The van der Waals surface area contributed by atoms with Gasteiger partial charge in [0.15, 0.2) is 0 Å². The number of fused-ring (bicyclic) bond motifs is 3. The number of carbonyl (C=O) groups is 12. The molecule has 26 heteroatoms. The SMILES string of the molecule is C=C/C=C\C(=C)CC1C(=O)NC(COC(C)(C)C)C(=O)N(C)[C@@H](C/C(C=C)=C/C=C)C(=O)N[C@@H](CC(C)C)C(=O)N(C)C(CC(C)C)C(=O)NC2C(=O)N(OC2C)C(CC(=C)/C=C\C=C)C(=O)NC(C(=O)N2CCCCC2)CC(=O)N2CCCC2C(=O)N(C)[C@@H](CC(C)C)C(=O)N(C)[C@@H](C)C(=O)N1C. The van der Waals surface area contributed by atoms with Gasteiger partial charge in [-0.15, -0.1) is 0 Å². The molecule has 8 unspecified atom stereocenters. The average molecular weight is 1450 g/mol. The minimum absolute atomic E-state index is 0.0397. The molecule has 4 fully saturated rings. The van der Waals surface area contributed by atoms with Crippen molar-refractivity contribution in [1.82, 2.24) is 60.6 Å². The number of hydrogen-bond donors (Lipinski definition) is 4. The molecule has 0 aliphatic carbocycles. The minimum atomic E-state index is -1.57. The van der Waals surface area contributed by atoms with Crippen LogP contribution in [0.1, 0.15) is 153 Å². The Morgan fingerprint density at radius 3 is 1.58 bits per heavy atom. The van der Waals surface area contributed by atoms with Crippen molar-refractivity contribution in [3.63, 3.8) is 0 Å². The zero-order chi connectivity index (χ0) is 78.4. The molecule has 2 bridgehead atoms. The summed E-state index contributed by atoms with van der Waals surface area (Å²) in [7, 11) is 7.01. The van der Waals surface area contributed by atoms with Gasteiger partial charge in [-0.25, -0.2) is 5.06 Å². The second-order valence-corrected chi connectivity index (χ2v) is 30.1. The molecule has 4 heterocycles. The molecule has 576 valence electrons. The predicted molar refractivity (Wildman–Crippen MR) is 401 cm³/mol. The number of nitrogens with one attached hydrogen (secondary N) is 4. The molecule has 12 atom stereocenters. The summed E-state index contributed by atoms with van der Waals surface area (Å²) in [6.07, 6.45) is 14.4. The fourth-order valence-electron chi connectivity index (χ4n) is 13.2. The third kappa shape index (κ3) is 24.4. The summed E-state index contributed by atoms with van der Waals surface area (Å²) < 4.78 is 6.22. The molecule has 26 nitrogen and oxygen atoms in total. The first-order valence-electron chi connectivity index (χ1n) is 36.4. The third-order valence-corrected chi connectivity index (χ3v) is 19.3. The fraction of sp³-hybridized carbons (Fsp3) is 0.615. The Labute approximate surface area is 617 Å². The lowest BCUT2D eigenvalue weighted by molar-refractivity contribution is -0.189. The quantitative estimate of drug-likeness (QED) is 0.0954. The van der Waals surface area contributed by atoms with Crippen molar-refractivity contribution < 1.29 is 67.1 Å². The van der Waals surface area contributed by atoms with Crippen LogP contribution < -0.4 is 21.3 Å². The van der Waals surface area contributed by atoms with Crippen LogP contribution in [0.4, 0.5) is 0 Å². The van der Waals surface area contributed by atoms with Crippen LogP contribution in [0.2, 0.25) is 0 Å². The maximum atomic E-state index is 15.4. The molecule has 4 N–H and O–H groups in total. The smallest absolute Gasteiger partial charge is 0.272 e. The van der Waals surface area contributed by atoms with Crippen molar-refractivity contribution in [1.29, 1.82) is 0 Å². The van der Waals surface area contributed by atoms with E-state index in [1.807, 2.05) is 41.5 Å². The lowest BCUT2D eigenvalue weighted by Gasteiger charge is -2.38. The molecule has 104 heavy (non-hydrogen) atoms. The van der Waals surface area contributed by atoms with Gasteiger partial charge in [0.1, 0.15) is 72.6 Å². The summed E-state index contributed by atoms with van der Waals surface area (Å²) in [5, 5.41) is 12.2. The Morgan fingerprint density at radius 1 is 0.548 bits per heavy atom. The highest BCUT2D eigenvalue weighted by Crippen LogP contribution is 2.29. The van der Waals surface area contributed by atoms with Crippen LogP contribution in [0.5, 0.6) is 0 Å². The molecule has 0 aromatic heterocycles. The summed E-state index contributed by atoms with van der Waals surface area (Å²) >= 11 is 0. The Balaban J connectivity index is 2.03. The number of allylic oxidation sites excluding steroid dienone is 9. The van der Waals surface area contributed by atoms with E-state index in [4.69, 9.17) is 9.57 Å². The largest absolute Gasteiger partial charge is 0.373 e. The van der Waals surface area contributed by atoms with E-state index < -0.39 is 162 Å². The molecule has 0 saturated carbocycles. The monoisotopic (exact) mass is 1450 g/mol. The molecule has 0 aromatic rings. The van der Waals surface area contributed by atoms with Crippen LogP contribution in [0.25, 0.3) is 0 Å². The maximum absolute atomic E-state index is 15.4. The molecular formula is C78H120N12O14. The highest BCUT2D eigenvalue weighted by Gasteiger charge is 2.49. The number of carbonyl (C=O) groups excluding carboxylic acids is 12. The van der Waals surface area contributed by atoms with Gasteiger partial charge < -0.3 is 60.3 Å². The van der Waals surface area contributed by atoms with E-state index in [1.165, 1.54) is 93.0 Å². The van der Waals surface area contributed by atoms with E-state index in [-0.39, 0.29) is 69.2 Å². The van der Waals surface area contributed by atoms with Crippen molar-refractivity contribution in [3.05, 3.63) is 111 Å². The molecule has 4 aliphatic rings. The van der Waals surface area contributed by atoms with Gasteiger partial charge in [-0.1, -0.05) is 147 Å². The number of hydroxylamine groups is 2. The molecule has 0 aromatic carbocycles. The first-order chi connectivity index (χ1) is 48.7. The fourth-order valence-corrected chi connectivity index (χ4v) is 13.2. The Hall–Kier alpha value is -8.78. The third-order valence-electron chi connectivity index (χ3n) is 19.3. The second-order valence-electron chi connectivity index (χ2n) is 30.1. The van der Waals surface area contributed by atoms with E-state index in [1.54, 1.807) is 56.1 Å². The van der Waals surface area contributed by atoms with Crippen molar-refractivity contribution in [2.45, 2.75) is 231 Å². The topological polar surface area (TPSA) is 297 Å². The van der Waals surface area contributed by atoms with E-state index in [0.717, 1.165) is 21.3 Å². The van der Waals surface area contributed by atoms with Gasteiger partial charge in [-0.3, -0.25) is 62.4 Å².